The van der Waals surface area contributed by atoms with Gasteiger partial charge in [-0.25, -0.2) is 4.39 Å². The quantitative estimate of drug-likeness (QED) is 0.434. The Morgan fingerprint density at radius 3 is 2.43 bits per heavy atom. The molecule has 0 saturated heterocycles. The topological polar surface area (TPSA) is 36.4 Å². The number of hydrogen-bond acceptors (Lipinski definition) is 1. The average Bonchev–Trinajstić information content (AvgIpc) is 2.55. The van der Waals surface area contributed by atoms with Crippen LogP contribution in [0.4, 0.5) is 4.39 Å². The second-order valence-electron chi connectivity index (χ2n) is 5.17. The lowest BCUT2D eigenvalue weighted by Crippen LogP contribution is -2.37. The van der Waals surface area contributed by atoms with E-state index in [2.05, 4.69) is 27.8 Å². The summed E-state index contributed by atoms with van der Waals surface area (Å²) in [5, 5.41) is 6.45. The zero-order valence-electron chi connectivity index (χ0n) is 13.5. The second kappa shape index (κ2) is 10.2. The van der Waals surface area contributed by atoms with Gasteiger partial charge in [-0.3, -0.25) is 4.99 Å². The molecule has 2 aromatic rings. The van der Waals surface area contributed by atoms with E-state index < -0.39 is 0 Å². The SMILES string of the molecule is CN=C(NCCc1ccccc1)NCc1ccc(C)c(F)c1.I. The molecule has 2 aromatic carbocycles. The molecule has 0 aromatic heterocycles. The fourth-order valence-corrected chi connectivity index (χ4v) is 2.12. The van der Waals surface area contributed by atoms with Gasteiger partial charge in [0.1, 0.15) is 5.82 Å². The standard InChI is InChI=1S/C18H22FN3.HI/c1-14-8-9-16(12-17(14)19)13-22-18(20-2)21-11-10-15-6-4-3-5-7-15;/h3-9,12H,10-11,13H2,1-2H3,(H2,20,21,22);1H. The third-order valence-electron chi connectivity index (χ3n) is 3.47. The summed E-state index contributed by atoms with van der Waals surface area (Å²) in [6.45, 7) is 3.10. The van der Waals surface area contributed by atoms with Gasteiger partial charge in [-0.1, -0.05) is 42.5 Å². The molecule has 0 bridgehead atoms. The van der Waals surface area contributed by atoms with Crippen LogP contribution in [0.25, 0.3) is 0 Å². The molecule has 0 aliphatic rings. The number of nitrogens with one attached hydrogen (secondary N) is 2. The van der Waals surface area contributed by atoms with Crippen molar-refractivity contribution in [2.75, 3.05) is 13.6 Å². The molecule has 0 amide bonds. The molecule has 3 nitrogen and oxygen atoms in total. The maximum absolute atomic E-state index is 13.5. The van der Waals surface area contributed by atoms with Crippen LogP contribution in [0.5, 0.6) is 0 Å². The van der Waals surface area contributed by atoms with Crippen LogP contribution >= 0.6 is 24.0 Å². The molecule has 0 aliphatic heterocycles. The van der Waals surface area contributed by atoms with Crippen molar-refractivity contribution in [1.29, 1.82) is 0 Å². The highest BCUT2D eigenvalue weighted by molar-refractivity contribution is 14.0. The van der Waals surface area contributed by atoms with Crippen LogP contribution in [0.2, 0.25) is 0 Å². The molecular weight excluding hydrogens is 404 g/mol. The van der Waals surface area contributed by atoms with E-state index in [-0.39, 0.29) is 29.8 Å². The zero-order chi connectivity index (χ0) is 15.8. The predicted octanol–water partition coefficient (Wildman–Crippen LogP) is 3.66. The van der Waals surface area contributed by atoms with E-state index in [4.69, 9.17) is 0 Å². The number of hydrogen-bond donors (Lipinski definition) is 2. The van der Waals surface area contributed by atoms with Crippen LogP contribution in [0, 0.1) is 12.7 Å². The van der Waals surface area contributed by atoms with Crippen molar-refractivity contribution < 1.29 is 4.39 Å². The second-order valence-corrected chi connectivity index (χ2v) is 5.17. The Hall–Kier alpha value is -1.63. The van der Waals surface area contributed by atoms with Crippen LogP contribution in [0.3, 0.4) is 0 Å². The first-order valence-electron chi connectivity index (χ1n) is 7.42. The summed E-state index contributed by atoms with van der Waals surface area (Å²) < 4.78 is 13.5. The minimum Gasteiger partial charge on any atom is -0.356 e. The minimum absolute atomic E-state index is 0. The molecule has 2 N–H and O–H groups in total. The van der Waals surface area contributed by atoms with Gasteiger partial charge in [-0.2, -0.15) is 0 Å². The molecule has 23 heavy (non-hydrogen) atoms. The van der Waals surface area contributed by atoms with Gasteiger partial charge in [-0.15, -0.1) is 24.0 Å². The highest BCUT2D eigenvalue weighted by Gasteiger charge is 2.01. The van der Waals surface area contributed by atoms with Crippen molar-refractivity contribution in [2.45, 2.75) is 19.9 Å². The molecular formula is C18H23FIN3. The molecule has 0 heterocycles. The van der Waals surface area contributed by atoms with Gasteiger partial charge in [0.15, 0.2) is 5.96 Å². The van der Waals surface area contributed by atoms with Crippen LogP contribution in [0.1, 0.15) is 16.7 Å². The summed E-state index contributed by atoms with van der Waals surface area (Å²) in [6, 6.07) is 15.6. The minimum atomic E-state index is -0.175. The molecule has 2 rings (SSSR count). The van der Waals surface area contributed by atoms with E-state index in [1.54, 1.807) is 26.1 Å². The monoisotopic (exact) mass is 427 g/mol. The third-order valence-corrected chi connectivity index (χ3v) is 3.47. The van der Waals surface area contributed by atoms with Crippen LogP contribution in [-0.4, -0.2) is 19.6 Å². The molecule has 124 valence electrons. The Balaban J connectivity index is 0.00000264. The molecule has 0 aliphatic carbocycles. The first-order valence-corrected chi connectivity index (χ1v) is 7.42. The lowest BCUT2D eigenvalue weighted by Gasteiger charge is -2.12. The van der Waals surface area contributed by atoms with Gasteiger partial charge < -0.3 is 10.6 Å². The fraction of sp³-hybridized carbons (Fsp3) is 0.278. The van der Waals surface area contributed by atoms with E-state index in [0.717, 1.165) is 24.5 Å². The Labute approximate surface area is 154 Å². The molecule has 0 saturated carbocycles. The van der Waals surface area contributed by atoms with E-state index in [0.29, 0.717) is 12.1 Å². The largest absolute Gasteiger partial charge is 0.356 e. The first kappa shape index (κ1) is 19.4. The average molecular weight is 427 g/mol. The maximum atomic E-state index is 13.5. The van der Waals surface area contributed by atoms with Crippen molar-refractivity contribution in [3.63, 3.8) is 0 Å². The Bertz CT molecular complexity index is 629. The number of aryl methyl sites for hydroxylation is 1. The van der Waals surface area contributed by atoms with Crippen molar-refractivity contribution in [2.24, 2.45) is 4.99 Å². The summed E-state index contributed by atoms with van der Waals surface area (Å²) in [7, 11) is 1.73. The van der Waals surface area contributed by atoms with Crippen molar-refractivity contribution >= 4 is 29.9 Å². The lowest BCUT2D eigenvalue weighted by molar-refractivity contribution is 0.615. The maximum Gasteiger partial charge on any atom is 0.191 e. The van der Waals surface area contributed by atoms with Gasteiger partial charge in [0.05, 0.1) is 0 Å². The summed E-state index contributed by atoms with van der Waals surface area (Å²) in [4.78, 5) is 4.17. The summed E-state index contributed by atoms with van der Waals surface area (Å²) in [5.41, 5.74) is 2.84. The number of halogens is 2. The number of benzene rings is 2. The van der Waals surface area contributed by atoms with Crippen LogP contribution < -0.4 is 10.6 Å². The summed E-state index contributed by atoms with van der Waals surface area (Å²) in [5.74, 6) is 0.545. The van der Waals surface area contributed by atoms with Gasteiger partial charge in [-0.05, 0) is 36.1 Å². The van der Waals surface area contributed by atoms with E-state index in [1.165, 1.54) is 5.56 Å². The highest BCUT2D eigenvalue weighted by Crippen LogP contribution is 2.08. The van der Waals surface area contributed by atoms with Crippen LogP contribution in [-0.2, 0) is 13.0 Å². The molecule has 0 spiro atoms. The van der Waals surface area contributed by atoms with E-state index in [9.17, 15) is 4.39 Å². The van der Waals surface area contributed by atoms with Crippen molar-refractivity contribution in [3.8, 4) is 0 Å². The van der Waals surface area contributed by atoms with Gasteiger partial charge in [0.2, 0.25) is 0 Å². The fourth-order valence-electron chi connectivity index (χ4n) is 2.12. The summed E-state index contributed by atoms with van der Waals surface area (Å²) >= 11 is 0. The highest BCUT2D eigenvalue weighted by atomic mass is 127. The zero-order valence-corrected chi connectivity index (χ0v) is 15.8. The molecule has 0 radical (unpaired) electrons. The number of guanidine groups is 1. The third kappa shape index (κ3) is 6.56. The Kier molecular flexibility index (Phi) is 8.61. The first-order chi connectivity index (χ1) is 10.7. The van der Waals surface area contributed by atoms with Crippen molar-refractivity contribution in [1.82, 2.24) is 10.6 Å². The molecule has 0 atom stereocenters. The van der Waals surface area contributed by atoms with Crippen molar-refractivity contribution in [3.05, 3.63) is 71.0 Å². The Morgan fingerprint density at radius 2 is 1.78 bits per heavy atom. The number of aliphatic imine (C=N–C) groups is 1. The van der Waals surface area contributed by atoms with Crippen LogP contribution in [0.15, 0.2) is 53.5 Å². The normalized spacial score (nSPS) is 10.8. The van der Waals surface area contributed by atoms with Gasteiger partial charge in [0.25, 0.3) is 0 Å². The molecule has 0 unspecified atom stereocenters. The van der Waals surface area contributed by atoms with E-state index in [1.807, 2.05) is 24.3 Å². The Morgan fingerprint density at radius 1 is 1.04 bits per heavy atom. The van der Waals surface area contributed by atoms with E-state index >= 15 is 0 Å². The van der Waals surface area contributed by atoms with Gasteiger partial charge >= 0.3 is 0 Å². The molecule has 0 fully saturated rings. The molecule has 5 heteroatoms. The van der Waals surface area contributed by atoms with Gasteiger partial charge in [0, 0.05) is 20.1 Å². The number of rotatable bonds is 5. The summed E-state index contributed by atoms with van der Waals surface area (Å²) in [6.07, 6.45) is 0.931. The predicted molar refractivity (Wildman–Crippen MR) is 105 cm³/mol. The number of nitrogens with zero attached hydrogens (tertiary/aromatic N) is 1. The smallest absolute Gasteiger partial charge is 0.191 e. The lowest BCUT2D eigenvalue weighted by atomic mass is 10.1.